The van der Waals surface area contributed by atoms with Crippen LogP contribution in [0.15, 0.2) is 115 Å². The van der Waals surface area contributed by atoms with E-state index in [0.29, 0.717) is 6.04 Å². The number of pyridine rings is 1. The molecule has 210 valence electrons. The van der Waals surface area contributed by atoms with Crippen molar-refractivity contribution in [3.63, 3.8) is 0 Å². The van der Waals surface area contributed by atoms with E-state index in [4.69, 9.17) is 0 Å². The standard InChI is InChI=1S/C36H40N4O/c1-38(35(41)22-20-30-19-21-34(37-29-30)31-13-5-2-6-14-31)23-11-12-24-39-25-27-40(28-26-39)36(32-15-7-3-8-16-32)33-17-9-4-10-18-33/h2-10,13-22,29,36H,11-12,23-28H2,1H3/b22-20+. The number of carbonyl (C=O) groups is 1. The lowest BCUT2D eigenvalue weighted by Crippen LogP contribution is -2.48. The Morgan fingerprint density at radius 1 is 0.805 bits per heavy atom. The number of nitrogens with zero attached hydrogens (tertiary/aromatic N) is 4. The molecular weight excluding hydrogens is 504 g/mol. The third-order valence-electron chi connectivity index (χ3n) is 7.87. The lowest BCUT2D eigenvalue weighted by atomic mass is 9.96. The Kier molecular flexibility index (Phi) is 10.1. The fourth-order valence-corrected chi connectivity index (χ4v) is 5.50. The van der Waals surface area contributed by atoms with E-state index in [-0.39, 0.29) is 5.91 Å². The molecule has 1 aliphatic rings. The first-order chi connectivity index (χ1) is 20.2. The van der Waals surface area contributed by atoms with Crippen LogP contribution in [-0.4, -0.2) is 71.9 Å². The van der Waals surface area contributed by atoms with Crippen molar-refractivity contribution in [1.29, 1.82) is 0 Å². The monoisotopic (exact) mass is 544 g/mol. The maximum absolute atomic E-state index is 12.6. The lowest BCUT2D eigenvalue weighted by molar-refractivity contribution is -0.124. The van der Waals surface area contributed by atoms with Gasteiger partial charge in [0.15, 0.2) is 0 Å². The summed E-state index contributed by atoms with van der Waals surface area (Å²) in [5.74, 6) is 0.0265. The molecule has 0 N–H and O–H groups in total. The molecule has 0 unspecified atom stereocenters. The van der Waals surface area contributed by atoms with Crippen LogP contribution >= 0.6 is 0 Å². The summed E-state index contributed by atoms with van der Waals surface area (Å²) in [5.41, 5.74) is 5.65. The highest BCUT2D eigenvalue weighted by Crippen LogP contribution is 2.29. The highest BCUT2D eigenvalue weighted by atomic mass is 16.2. The average molecular weight is 545 g/mol. The zero-order valence-corrected chi connectivity index (χ0v) is 24.0. The van der Waals surface area contributed by atoms with Crippen molar-refractivity contribution in [2.24, 2.45) is 0 Å². The first kappa shape index (κ1) is 28.5. The number of carbonyl (C=O) groups excluding carboxylic acids is 1. The molecule has 0 atom stereocenters. The van der Waals surface area contributed by atoms with Crippen molar-refractivity contribution in [2.45, 2.75) is 18.9 Å². The quantitative estimate of drug-likeness (QED) is 0.162. The van der Waals surface area contributed by atoms with Gasteiger partial charge >= 0.3 is 0 Å². The van der Waals surface area contributed by atoms with E-state index < -0.39 is 0 Å². The first-order valence-corrected chi connectivity index (χ1v) is 14.7. The second kappa shape index (κ2) is 14.5. The van der Waals surface area contributed by atoms with Crippen LogP contribution in [0.4, 0.5) is 0 Å². The van der Waals surface area contributed by atoms with Crippen molar-refractivity contribution in [3.8, 4) is 11.3 Å². The number of rotatable bonds is 11. The van der Waals surface area contributed by atoms with Crippen LogP contribution in [0.1, 0.15) is 35.6 Å². The summed E-state index contributed by atoms with van der Waals surface area (Å²) < 4.78 is 0. The van der Waals surface area contributed by atoms with Crippen LogP contribution in [0.5, 0.6) is 0 Å². The van der Waals surface area contributed by atoms with Gasteiger partial charge in [0.2, 0.25) is 5.91 Å². The molecule has 1 saturated heterocycles. The number of benzene rings is 3. The van der Waals surface area contributed by atoms with E-state index in [9.17, 15) is 4.79 Å². The summed E-state index contributed by atoms with van der Waals surface area (Å²) in [4.78, 5) is 24.2. The molecular formula is C36H40N4O. The number of likely N-dealkylation sites (N-methyl/N-ethyl adjacent to an activating group) is 1. The number of unbranched alkanes of at least 4 members (excludes halogenated alkanes) is 1. The van der Waals surface area contributed by atoms with Crippen molar-refractivity contribution >= 4 is 12.0 Å². The maximum atomic E-state index is 12.6. The molecule has 4 aromatic rings. The van der Waals surface area contributed by atoms with Gasteiger partial charge in [-0.1, -0.05) is 97.1 Å². The van der Waals surface area contributed by atoms with Gasteiger partial charge < -0.3 is 9.80 Å². The Morgan fingerprint density at radius 3 is 2.00 bits per heavy atom. The highest BCUT2D eigenvalue weighted by molar-refractivity contribution is 5.91. The molecule has 1 aromatic heterocycles. The van der Waals surface area contributed by atoms with Gasteiger partial charge in [0, 0.05) is 57.6 Å². The van der Waals surface area contributed by atoms with Gasteiger partial charge in [0.05, 0.1) is 11.7 Å². The maximum Gasteiger partial charge on any atom is 0.246 e. The van der Waals surface area contributed by atoms with E-state index >= 15 is 0 Å². The van der Waals surface area contributed by atoms with Crippen LogP contribution in [0.3, 0.4) is 0 Å². The average Bonchev–Trinajstić information content (AvgIpc) is 3.04. The summed E-state index contributed by atoms with van der Waals surface area (Å²) in [6.07, 6.45) is 7.40. The van der Waals surface area contributed by atoms with E-state index in [1.54, 1.807) is 6.08 Å². The SMILES string of the molecule is CN(CCCCN1CCN(C(c2ccccc2)c2ccccc2)CC1)C(=O)/C=C/c1ccc(-c2ccccc2)nc1. The topological polar surface area (TPSA) is 39.7 Å². The van der Waals surface area contributed by atoms with Crippen molar-refractivity contribution in [3.05, 3.63) is 132 Å². The zero-order valence-electron chi connectivity index (χ0n) is 24.0. The Bertz CT molecular complexity index is 1330. The molecule has 0 bridgehead atoms. The highest BCUT2D eigenvalue weighted by Gasteiger charge is 2.26. The summed E-state index contributed by atoms with van der Waals surface area (Å²) in [7, 11) is 1.88. The Balaban J connectivity index is 1.03. The van der Waals surface area contributed by atoms with Crippen molar-refractivity contribution in [1.82, 2.24) is 19.7 Å². The van der Waals surface area contributed by atoms with Gasteiger partial charge in [0.25, 0.3) is 0 Å². The van der Waals surface area contributed by atoms with Gasteiger partial charge in [0.1, 0.15) is 0 Å². The second-order valence-corrected chi connectivity index (χ2v) is 10.7. The molecule has 1 fully saturated rings. The summed E-state index contributed by atoms with van der Waals surface area (Å²) in [6, 6.07) is 36.1. The van der Waals surface area contributed by atoms with E-state index in [2.05, 4.69) is 75.4 Å². The summed E-state index contributed by atoms with van der Waals surface area (Å²) in [5, 5.41) is 0. The molecule has 1 amide bonds. The molecule has 2 heterocycles. The number of hydrogen-bond donors (Lipinski definition) is 0. The smallest absolute Gasteiger partial charge is 0.246 e. The third kappa shape index (κ3) is 8.00. The number of piperazine rings is 1. The fourth-order valence-electron chi connectivity index (χ4n) is 5.50. The Morgan fingerprint density at radius 2 is 1.41 bits per heavy atom. The minimum absolute atomic E-state index is 0.0265. The van der Waals surface area contributed by atoms with E-state index in [1.165, 1.54) is 11.1 Å². The third-order valence-corrected chi connectivity index (χ3v) is 7.87. The largest absolute Gasteiger partial charge is 0.342 e. The van der Waals surface area contributed by atoms with Gasteiger partial charge in [-0.15, -0.1) is 0 Å². The molecule has 0 saturated carbocycles. The number of amides is 1. The normalized spacial score (nSPS) is 14.5. The van der Waals surface area contributed by atoms with Gasteiger partial charge in [-0.25, -0.2) is 0 Å². The van der Waals surface area contributed by atoms with Crippen LogP contribution < -0.4 is 0 Å². The van der Waals surface area contributed by atoms with Gasteiger partial charge in [-0.05, 0) is 48.2 Å². The molecule has 1 aliphatic heterocycles. The van der Waals surface area contributed by atoms with E-state index in [1.807, 2.05) is 66.7 Å². The molecule has 5 rings (SSSR count). The molecule has 5 heteroatoms. The predicted molar refractivity (Wildman–Crippen MR) is 168 cm³/mol. The Hall–Kier alpha value is -4.06. The van der Waals surface area contributed by atoms with Crippen LogP contribution in [0, 0.1) is 0 Å². The molecule has 0 radical (unpaired) electrons. The zero-order chi connectivity index (χ0) is 28.3. The predicted octanol–water partition coefficient (Wildman–Crippen LogP) is 6.41. The summed E-state index contributed by atoms with van der Waals surface area (Å²) >= 11 is 0. The lowest BCUT2D eigenvalue weighted by Gasteiger charge is -2.40. The van der Waals surface area contributed by atoms with Crippen LogP contribution in [0.2, 0.25) is 0 Å². The van der Waals surface area contributed by atoms with Crippen LogP contribution in [0.25, 0.3) is 17.3 Å². The van der Waals surface area contributed by atoms with E-state index in [0.717, 1.165) is 68.9 Å². The van der Waals surface area contributed by atoms with Crippen molar-refractivity contribution < 1.29 is 4.79 Å². The molecule has 0 aliphatic carbocycles. The minimum Gasteiger partial charge on any atom is -0.342 e. The molecule has 0 spiro atoms. The van der Waals surface area contributed by atoms with Crippen molar-refractivity contribution in [2.75, 3.05) is 46.3 Å². The minimum atomic E-state index is 0.0265. The molecule has 3 aromatic carbocycles. The summed E-state index contributed by atoms with van der Waals surface area (Å²) in [6.45, 7) is 6.10. The first-order valence-electron chi connectivity index (χ1n) is 14.7. The second-order valence-electron chi connectivity index (χ2n) is 10.7. The van der Waals surface area contributed by atoms with Gasteiger partial charge in [-0.3, -0.25) is 14.7 Å². The Labute approximate surface area is 244 Å². The number of aromatic nitrogens is 1. The van der Waals surface area contributed by atoms with Crippen LogP contribution in [-0.2, 0) is 4.79 Å². The fraction of sp³-hybridized carbons (Fsp3) is 0.278. The number of hydrogen-bond acceptors (Lipinski definition) is 4. The molecule has 41 heavy (non-hydrogen) atoms. The molecule has 5 nitrogen and oxygen atoms in total. The van der Waals surface area contributed by atoms with Gasteiger partial charge in [-0.2, -0.15) is 0 Å².